The van der Waals surface area contributed by atoms with Gasteiger partial charge in [-0.3, -0.25) is 9.36 Å². The van der Waals surface area contributed by atoms with E-state index in [1.54, 1.807) is 41.8 Å². The average Bonchev–Trinajstić information content (AvgIpc) is 3.38. The van der Waals surface area contributed by atoms with Crippen LogP contribution in [0, 0.1) is 0 Å². The third-order valence-electron chi connectivity index (χ3n) is 5.07. The Morgan fingerprint density at radius 2 is 1.29 bits per heavy atom. The van der Waals surface area contributed by atoms with Gasteiger partial charge in [0.25, 0.3) is 0 Å². The van der Waals surface area contributed by atoms with E-state index >= 15 is 0 Å². The standard InChI is InChI=1S/C25H22NO3PS/c27-24(22-17-10-18-31-22)25(28)23(19-11-4-1-5-12-19)26-30(29,20-13-6-2-7-14-20)21-15-8-3-9-16-21/h1-18,23,25,28H,(H,26,29)/t23-,25+/m0/s1. The van der Waals surface area contributed by atoms with Gasteiger partial charge in [-0.1, -0.05) is 72.8 Å². The fraction of sp³-hybridized carbons (Fsp3) is 0.0800. The lowest BCUT2D eigenvalue weighted by atomic mass is 9.99. The summed E-state index contributed by atoms with van der Waals surface area (Å²) in [5.41, 5.74) is 0.687. The molecule has 4 rings (SSSR count). The average molecular weight is 447 g/mol. The monoisotopic (exact) mass is 447 g/mol. The van der Waals surface area contributed by atoms with Crippen molar-refractivity contribution in [1.29, 1.82) is 0 Å². The topological polar surface area (TPSA) is 66.4 Å². The van der Waals surface area contributed by atoms with Gasteiger partial charge in [0.2, 0.25) is 13.1 Å². The quantitative estimate of drug-likeness (QED) is 0.307. The van der Waals surface area contributed by atoms with Crippen LogP contribution in [0.4, 0.5) is 0 Å². The van der Waals surface area contributed by atoms with E-state index in [2.05, 4.69) is 5.09 Å². The minimum absolute atomic E-state index is 0.399. The molecule has 4 aromatic rings. The molecule has 4 nitrogen and oxygen atoms in total. The zero-order valence-electron chi connectivity index (χ0n) is 16.7. The molecule has 0 aliphatic rings. The fourth-order valence-corrected chi connectivity index (χ4v) is 6.63. The molecule has 156 valence electrons. The molecule has 3 aromatic carbocycles. The molecule has 0 amide bonds. The zero-order valence-corrected chi connectivity index (χ0v) is 18.4. The summed E-state index contributed by atoms with van der Waals surface area (Å²) >= 11 is 1.28. The second kappa shape index (κ2) is 9.54. The maximum absolute atomic E-state index is 14.5. The number of Topliss-reactive ketones (excluding diaryl/α,β-unsaturated/α-hetero) is 1. The maximum atomic E-state index is 14.5. The first-order valence-electron chi connectivity index (χ1n) is 9.89. The van der Waals surface area contributed by atoms with Gasteiger partial charge in [0.05, 0.1) is 10.9 Å². The van der Waals surface area contributed by atoms with Crippen LogP contribution in [0.25, 0.3) is 0 Å². The smallest absolute Gasteiger partial charge is 0.205 e. The Labute approximate surface area is 185 Å². The summed E-state index contributed by atoms with van der Waals surface area (Å²) in [6.45, 7) is 0. The second-order valence-corrected chi connectivity index (χ2v) is 10.5. The van der Waals surface area contributed by atoms with E-state index in [1.165, 1.54) is 11.3 Å². The molecule has 31 heavy (non-hydrogen) atoms. The van der Waals surface area contributed by atoms with E-state index in [9.17, 15) is 14.5 Å². The van der Waals surface area contributed by atoms with E-state index in [-0.39, 0.29) is 0 Å². The Morgan fingerprint density at radius 3 is 1.77 bits per heavy atom. The molecule has 0 unspecified atom stereocenters. The van der Waals surface area contributed by atoms with Crippen LogP contribution in [-0.4, -0.2) is 17.0 Å². The molecule has 2 N–H and O–H groups in total. The molecule has 1 heterocycles. The maximum Gasteiger partial charge on any atom is 0.205 e. The van der Waals surface area contributed by atoms with E-state index < -0.39 is 25.2 Å². The summed E-state index contributed by atoms with van der Waals surface area (Å²) in [5.74, 6) is -0.399. The van der Waals surface area contributed by atoms with Crippen molar-refractivity contribution in [3.05, 3.63) is 119 Å². The highest BCUT2D eigenvalue weighted by Gasteiger charge is 2.36. The minimum Gasteiger partial charge on any atom is -0.383 e. The van der Waals surface area contributed by atoms with Crippen LogP contribution in [0.3, 0.4) is 0 Å². The molecule has 6 heteroatoms. The number of hydrogen-bond acceptors (Lipinski definition) is 4. The Hall–Kier alpha value is -2.82. The first-order valence-corrected chi connectivity index (χ1v) is 12.5. The highest BCUT2D eigenvalue weighted by molar-refractivity contribution is 7.76. The van der Waals surface area contributed by atoms with Crippen molar-refractivity contribution in [2.75, 3.05) is 0 Å². The molecule has 0 aliphatic carbocycles. The van der Waals surface area contributed by atoms with Crippen LogP contribution in [0.2, 0.25) is 0 Å². The molecule has 0 fully saturated rings. The molecule has 0 aliphatic heterocycles. The largest absolute Gasteiger partial charge is 0.383 e. The van der Waals surface area contributed by atoms with Gasteiger partial charge in [0.15, 0.2) is 0 Å². The number of rotatable bonds is 8. The summed E-state index contributed by atoms with van der Waals surface area (Å²) in [7, 11) is -3.37. The summed E-state index contributed by atoms with van der Waals surface area (Å²) in [5, 5.41) is 17.4. The highest BCUT2D eigenvalue weighted by Crippen LogP contribution is 2.42. The van der Waals surface area contributed by atoms with Gasteiger partial charge < -0.3 is 5.11 Å². The summed E-state index contributed by atoms with van der Waals surface area (Å²) in [6.07, 6.45) is -1.40. The van der Waals surface area contributed by atoms with Crippen LogP contribution in [0.15, 0.2) is 109 Å². The first kappa shape index (κ1) is 21.4. The normalized spacial score (nSPS) is 13.5. The number of ketones is 1. The van der Waals surface area contributed by atoms with E-state index in [0.29, 0.717) is 21.0 Å². The number of nitrogens with one attached hydrogen (secondary N) is 1. The SMILES string of the molecule is O=C(c1cccs1)[C@H](O)[C@@H](NP(=O)(c1ccccc1)c1ccccc1)c1ccccc1. The van der Waals surface area contributed by atoms with Gasteiger partial charge in [-0.05, 0) is 41.3 Å². The Morgan fingerprint density at radius 1 is 0.774 bits per heavy atom. The lowest BCUT2D eigenvalue weighted by molar-refractivity contribution is 0.0683. The lowest BCUT2D eigenvalue weighted by Crippen LogP contribution is -2.39. The second-order valence-electron chi connectivity index (χ2n) is 7.08. The Kier molecular flexibility index (Phi) is 6.59. The zero-order chi connectivity index (χ0) is 21.7. The molecule has 0 spiro atoms. The van der Waals surface area contributed by atoms with Gasteiger partial charge in [-0.15, -0.1) is 11.3 Å². The van der Waals surface area contributed by atoms with Crippen molar-refractivity contribution < 1.29 is 14.5 Å². The van der Waals surface area contributed by atoms with Crippen LogP contribution in [0.5, 0.6) is 0 Å². The van der Waals surface area contributed by atoms with Gasteiger partial charge in [-0.25, -0.2) is 5.09 Å². The van der Waals surface area contributed by atoms with Crippen molar-refractivity contribution in [3.8, 4) is 0 Å². The Bertz CT molecular complexity index is 1120. The summed E-state index contributed by atoms with van der Waals surface area (Å²) < 4.78 is 14.5. The van der Waals surface area contributed by atoms with Crippen LogP contribution in [0.1, 0.15) is 21.3 Å². The van der Waals surface area contributed by atoms with Crippen molar-refractivity contribution in [2.24, 2.45) is 0 Å². The summed E-state index contributed by atoms with van der Waals surface area (Å²) in [4.78, 5) is 13.5. The molecule has 0 radical (unpaired) electrons. The number of aliphatic hydroxyl groups excluding tert-OH is 1. The molecular formula is C25H22NO3PS. The lowest BCUT2D eigenvalue weighted by Gasteiger charge is -2.29. The number of thiophene rings is 1. The number of benzene rings is 3. The molecule has 0 saturated carbocycles. The number of aliphatic hydroxyl groups is 1. The van der Waals surface area contributed by atoms with Crippen LogP contribution >= 0.6 is 18.6 Å². The van der Waals surface area contributed by atoms with Gasteiger partial charge >= 0.3 is 0 Å². The van der Waals surface area contributed by atoms with Crippen LogP contribution in [-0.2, 0) is 4.57 Å². The minimum atomic E-state index is -3.37. The highest BCUT2D eigenvalue weighted by atomic mass is 32.1. The van der Waals surface area contributed by atoms with E-state index in [0.717, 1.165) is 0 Å². The van der Waals surface area contributed by atoms with Crippen molar-refractivity contribution in [2.45, 2.75) is 12.1 Å². The number of carbonyl (C=O) groups is 1. The van der Waals surface area contributed by atoms with Crippen LogP contribution < -0.4 is 15.7 Å². The Balaban J connectivity index is 1.80. The van der Waals surface area contributed by atoms with Crippen molar-refractivity contribution >= 4 is 35.0 Å². The third kappa shape index (κ3) is 4.60. The molecular weight excluding hydrogens is 425 g/mol. The van der Waals surface area contributed by atoms with Gasteiger partial charge in [-0.2, -0.15) is 0 Å². The first-order chi connectivity index (χ1) is 15.1. The fourth-order valence-electron chi connectivity index (χ4n) is 3.47. The molecule has 2 atom stereocenters. The molecule has 1 aromatic heterocycles. The predicted molar refractivity (Wildman–Crippen MR) is 127 cm³/mol. The summed E-state index contributed by atoms with van der Waals surface area (Å²) in [6, 6.07) is 30.0. The molecule has 0 saturated heterocycles. The third-order valence-corrected chi connectivity index (χ3v) is 8.64. The molecule has 0 bridgehead atoms. The number of carbonyl (C=O) groups excluding carboxylic acids is 1. The van der Waals surface area contributed by atoms with Crippen molar-refractivity contribution in [1.82, 2.24) is 5.09 Å². The van der Waals surface area contributed by atoms with Gasteiger partial charge in [0.1, 0.15) is 6.10 Å². The van der Waals surface area contributed by atoms with Crippen molar-refractivity contribution in [3.63, 3.8) is 0 Å². The van der Waals surface area contributed by atoms with Gasteiger partial charge in [0, 0.05) is 10.6 Å². The van der Waals surface area contributed by atoms with E-state index in [1.807, 2.05) is 66.7 Å². The predicted octanol–water partition coefficient (Wildman–Crippen LogP) is 4.55. The number of hydrogen-bond donors (Lipinski definition) is 2. The van der Waals surface area contributed by atoms with E-state index in [4.69, 9.17) is 0 Å².